The highest BCUT2D eigenvalue weighted by Gasteiger charge is 2.54. The maximum atomic E-state index is 6.24. The Hall–Kier alpha value is -0.290. The Kier molecular flexibility index (Phi) is 5.39. The topological polar surface area (TPSA) is 36.9 Å². The molecule has 24 heavy (non-hydrogen) atoms. The van der Waals surface area contributed by atoms with Crippen molar-refractivity contribution >= 4 is 14.2 Å². The Balaban J connectivity index is 2.21. The summed E-state index contributed by atoms with van der Waals surface area (Å²) in [4.78, 5) is 0. The van der Waals surface area contributed by atoms with Crippen molar-refractivity contribution in [3.05, 3.63) is 11.4 Å². The van der Waals surface area contributed by atoms with Gasteiger partial charge in [-0.05, 0) is 67.3 Å². The molecular formula is C18H34B2O4. The molecule has 0 amide bonds. The molecule has 0 aromatic rings. The van der Waals surface area contributed by atoms with Gasteiger partial charge < -0.3 is 18.6 Å². The van der Waals surface area contributed by atoms with Crippen molar-refractivity contribution in [2.75, 3.05) is 0 Å². The molecule has 0 bridgehead atoms. The highest BCUT2D eigenvalue weighted by molar-refractivity contribution is 6.60. The number of rotatable bonds is 5. The SMILES string of the molecule is CCCCC(=CB1OC(C)(C)C(C)(C)O1)B1OC(C)(C)C(C)(C)O1. The second-order valence-corrected chi connectivity index (χ2v) is 9.06. The molecule has 0 aromatic carbocycles. The smallest absolute Gasteiger partial charge is 0.400 e. The van der Waals surface area contributed by atoms with E-state index < -0.39 is 0 Å². The van der Waals surface area contributed by atoms with Gasteiger partial charge in [-0.25, -0.2) is 0 Å². The molecule has 136 valence electrons. The average molecular weight is 336 g/mol. The molecule has 0 aliphatic carbocycles. The molecule has 4 nitrogen and oxygen atoms in total. The van der Waals surface area contributed by atoms with Crippen molar-refractivity contribution in [2.45, 2.75) is 104 Å². The third kappa shape index (κ3) is 3.77. The lowest BCUT2D eigenvalue weighted by Crippen LogP contribution is -2.41. The van der Waals surface area contributed by atoms with Crippen molar-refractivity contribution in [1.82, 2.24) is 0 Å². The standard InChI is InChI=1S/C18H34B2O4/c1-10-11-12-14(20-23-17(6,7)18(8,9)24-20)13-19-21-15(2,3)16(4,5)22-19/h13H,10-12H2,1-9H3. The van der Waals surface area contributed by atoms with Crippen LogP contribution in [0, 0.1) is 0 Å². The normalized spacial score (nSPS) is 27.8. The van der Waals surface area contributed by atoms with Crippen LogP contribution in [0.3, 0.4) is 0 Å². The van der Waals surface area contributed by atoms with Crippen LogP contribution in [0.15, 0.2) is 11.4 Å². The lowest BCUT2D eigenvalue weighted by Gasteiger charge is -2.32. The minimum atomic E-state index is -0.360. The monoisotopic (exact) mass is 336 g/mol. The van der Waals surface area contributed by atoms with Gasteiger partial charge in [-0.15, -0.1) is 0 Å². The summed E-state index contributed by atoms with van der Waals surface area (Å²) in [6.45, 7) is 18.8. The Labute approximate surface area is 148 Å². The lowest BCUT2D eigenvalue weighted by molar-refractivity contribution is 0.00578. The maximum Gasteiger partial charge on any atom is 0.489 e. The van der Waals surface area contributed by atoms with Crippen molar-refractivity contribution < 1.29 is 18.6 Å². The van der Waals surface area contributed by atoms with Crippen LogP contribution in [0.25, 0.3) is 0 Å². The first-order chi connectivity index (χ1) is 10.8. The molecule has 0 atom stereocenters. The zero-order valence-corrected chi connectivity index (χ0v) is 17.0. The molecule has 0 N–H and O–H groups in total. The largest absolute Gasteiger partial charge is 0.489 e. The predicted octanol–water partition coefficient (Wildman–Crippen LogP) is 4.37. The van der Waals surface area contributed by atoms with E-state index in [4.69, 9.17) is 18.6 Å². The molecule has 0 radical (unpaired) electrons. The maximum absolute atomic E-state index is 6.24. The van der Waals surface area contributed by atoms with Gasteiger partial charge in [-0.1, -0.05) is 25.7 Å². The van der Waals surface area contributed by atoms with Gasteiger partial charge in [0.1, 0.15) is 0 Å². The van der Waals surface area contributed by atoms with Crippen molar-refractivity contribution in [3.63, 3.8) is 0 Å². The summed E-state index contributed by atoms with van der Waals surface area (Å²) < 4.78 is 24.7. The lowest BCUT2D eigenvalue weighted by atomic mass is 9.69. The fourth-order valence-electron chi connectivity index (χ4n) is 2.79. The molecule has 6 heteroatoms. The molecule has 0 saturated carbocycles. The van der Waals surface area contributed by atoms with Gasteiger partial charge in [0.15, 0.2) is 0 Å². The van der Waals surface area contributed by atoms with E-state index in [2.05, 4.69) is 68.3 Å². The molecule has 2 aliphatic heterocycles. The van der Waals surface area contributed by atoms with Crippen LogP contribution in [0.5, 0.6) is 0 Å². The van der Waals surface area contributed by atoms with Crippen LogP contribution >= 0.6 is 0 Å². The zero-order chi connectivity index (χ0) is 18.4. The van der Waals surface area contributed by atoms with Gasteiger partial charge in [-0.2, -0.15) is 0 Å². The summed E-state index contributed by atoms with van der Waals surface area (Å²) >= 11 is 0. The van der Waals surface area contributed by atoms with E-state index in [9.17, 15) is 0 Å². The number of allylic oxidation sites excluding steroid dienone is 1. The summed E-state index contributed by atoms with van der Waals surface area (Å²) in [5, 5.41) is 0. The second-order valence-electron chi connectivity index (χ2n) is 9.06. The molecule has 0 spiro atoms. The summed E-state index contributed by atoms with van der Waals surface area (Å²) in [6.07, 6.45) is 3.15. The van der Waals surface area contributed by atoms with Crippen LogP contribution in [0.4, 0.5) is 0 Å². The Morgan fingerprint density at radius 3 is 1.58 bits per heavy atom. The molecule has 0 aromatic heterocycles. The first kappa shape index (κ1) is 20.0. The van der Waals surface area contributed by atoms with E-state index in [-0.39, 0.29) is 36.6 Å². The average Bonchev–Trinajstić information content (AvgIpc) is 2.73. The molecule has 0 unspecified atom stereocenters. The number of hydrogen-bond donors (Lipinski definition) is 0. The van der Waals surface area contributed by atoms with E-state index in [1.165, 1.54) is 0 Å². The zero-order valence-electron chi connectivity index (χ0n) is 17.0. The van der Waals surface area contributed by atoms with Crippen LogP contribution in [0.1, 0.15) is 81.6 Å². The highest BCUT2D eigenvalue weighted by atomic mass is 16.7. The van der Waals surface area contributed by atoms with E-state index in [0.29, 0.717) is 0 Å². The summed E-state index contributed by atoms with van der Waals surface area (Å²) in [7, 11) is -0.693. The van der Waals surface area contributed by atoms with E-state index in [0.717, 1.165) is 24.7 Å². The van der Waals surface area contributed by atoms with Crippen molar-refractivity contribution in [1.29, 1.82) is 0 Å². The summed E-state index contributed by atoms with van der Waals surface area (Å²) in [5.41, 5.74) is -0.216. The van der Waals surface area contributed by atoms with Gasteiger partial charge in [-0.3, -0.25) is 0 Å². The quantitative estimate of drug-likeness (QED) is 0.699. The van der Waals surface area contributed by atoms with E-state index >= 15 is 0 Å². The van der Waals surface area contributed by atoms with Gasteiger partial charge in [0.2, 0.25) is 0 Å². The third-order valence-corrected chi connectivity index (χ3v) is 6.00. The van der Waals surface area contributed by atoms with Crippen LogP contribution in [-0.4, -0.2) is 36.6 Å². The predicted molar refractivity (Wildman–Crippen MR) is 99.8 cm³/mol. The Bertz CT molecular complexity index is 465. The summed E-state index contributed by atoms with van der Waals surface area (Å²) in [6, 6.07) is 0. The molecule has 2 heterocycles. The highest BCUT2D eigenvalue weighted by Crippen LogP contribution is 2.41. The van der Waals surface area contributed by atoms with Crippen LogP contribution in [0.2, 0.25) is 0 Å². The minimum absolute atomic E-state index is 0.333. The summed E-state index contributed by atoms with van der Waals surface area (Å²) in [5.74, 6) is 2.06. The van der Waals surface area contributed by atoms with Gasteiger partial charge in [0.05, 0.1) is 22.4 Å². The van der Waals surface area contributed by atoms with Crippen molar-refractivity contribution in [2.24, 2.45) is 0 Å². The Morgan fingerprint density at radius 2 is 1.17 bits per heavy atom. The molecule has 2 fully saturated rings. The first-order valence-corrected chi connectivity index (χ1v) is 9.23. The fraction of sp³-hybridized carbons (Fsp3) is 0.889. The van der Waals surface area contributed by atoms with Crippen LogP contribution in [-0.2, 0) is 18.6 Å². The van der Waals surface area contributed by atoms with E-state index in [1.54, 1.807) is 0 Å². The molecule has 2 aliphatic rings. The molecular weight excluding hydrogens is 302 g/mol. The fourth-order valence-corrected chi connectivity index (χ4v) is 2.79. The molecule has 2 saturated heterocycles. The third-order valence-electron chi connectivity index (χ3n) is 6.00. The number of hydrogen-bond acceptors (Lipinski definition) is 4. The first-order valence-electron chi connectivity index (χ1n) is 9.23. The van der Waals surface area contributed by atoms with Gasteiger partial charge in [0, 0.05) is 0 Å². The van der Waals surface area contributed by atoms with Crippen LogP contribution < -0.4 is 0 Å². The minimum Gasteiger partial charge on any atom is -0.400 e. The van der Waals surface area contributed by atoms with Crippen molar-refractivity contribution in [3.8, 4) is 0 Å². The van der Waals surface area contributed by atoms with Gasteiger partial charge in [0.25, 0.3) is 0 Å². The van der Waals surface area contributed by atoms with E-state index in [1.807, 2.05) is 0 Å². The van der Waals surface area contributed by atoms with Gasteiger partial charge >= 0.3 is 14.2 Å². The molecule has 2 rings (SSSR count). The second kappa shape index (κ2) is 6.46. The Morgan fingerprint density at radius 1 is 0.750 bits per heavy atom. The number of unbranched alkanes of at least 4 members (excludes halogenated alkanes) is 1.